The smallest absolute Gasteiger partial charge is 0.309 e. The summed E-state index contributed by atoms with van der Waals surface area (Å²) >= 11 is 5.80. The Morgan fingerprint density at radius 1 is 1.48 bits per heavy atom. The van der Waals surface area contributed by atoms with Gasteiger partial charge in [-0.25, -0.2) is 0 Å². The van der Waals surface area contributed by atoms with Crippen LogP contribution in [0.25, 0.3) is 0 Å². The molecule has 5 nitrogen and oxygen atoms in total. The molecule has 0 heterocycles. The van der Waals surface area contributed by atoms with Crippen molar-refractivity contribution in [1.29, 1.82) is 0 Å². The molecule has 1 aromatic carbocycles. The van der Waals surface area contributed by atoms with Gasteiger partial charge in [-0.2, -0.15) is 0 Å². The fraction of sp³-hybridized carbons (Fsp3) is 0.533. The maximum absolute atomic E-state index is 11.7. The molecular formula is C15H18ClNO4. The predicted octanol–water partition coefficient (Wildman–Crippen LogP) is 4.07. The summed E-state index contributed by atoms with van der Waals surface area (Å²) in [6, 6.07) is 4.44. The van der Waals surface area contributed by atoms with E-state index in [2.05, 4.69) is 6.92 Å². The first-order valence-corrected chi connectivity index (χ1v) is 7.38. The Bertz CT molecular complexity index is 565. The van der Waals surface area contributed by atoms with Crippen LogP contribution in [0.1, 0.15) is 38.2 Å². The molecule has 0 aromatic heterocycles. The van der Waals surface area contributed by atoms with Crippen molar-refractivity contribution in [3.05, 3.63) is 38.9 Å². The molecule has 0 radical (unpaired) electrons. The second-order valence-corrected chi connectivity index (χ2v) is 6.41. The lowest BCUT2D eigenvalue weighted by Gasteiger charge is -2.35. The Kier molecular flexibility index (Phi) is 4.52. The van der Waals surface area contributed by atoms with E-state index in [4.69, 9.17) is 11.6 Å². The third kappa shape index (κ3) is 3.35. The maximum Gasteiger partial charge on any atom is 0.309 e. The fourth-order valence-electron chi connectivity index (χ4n) is 3.00. The van der Waals surface area contributed by atoms with Gasteiger partial charge in [0, 0.05) is 16.7 Å². The summed E-state index contributed by atoms with van der Waals surface area (Å²) in [5, 5.41) is 21.1. The van der Waals surface area contributed by atoms with Gasteiger partial charge in [-0.15, -0.1) is 0 Å². The largest absolute Gasteiger partial charge is 0.481 e. The van der Waals surface area contributed by atoms with Gasteiger partial charge in [0.15, 0.2) is 0 Å². The zero-order valence-electron chi connectivity index (χ0n) is 11.8. The van der Waals surface area contributed by atoms with Gasteiger partial charge in [0.2, 0.25) is 0 Å². The highest BCUT2D eigenvalue weighted by molar-refractivity contribution is 6.30. The van der Waals surface area contributed by atoms with Crippen LogP contribution in [-0.4, -0.2) is 16.0 Å². The molecule has 1 aliphatic rings. The van der Waals surface area contributed by atoms with Crippen LogP contribution in [0.3, 0.4) is 0 Å². The lowest BCUT2D eigenvalue weighted by atomic mass is 9.67. The molecule has 6 heteroatoms. The Morgan fingerprint density at radius 3 is 2.62 bits per heavy atom. The first-order valence-electron chi connectivity index (χ1n) is 7.00. The summed E-state index contributed by atoms with van der Waals surface area (Å²) in [5.74, 6) is -0.351. The SMILES string of the molecule is CC1CCC(Cc2ccc(Cl)cc2[N+](=O)[O-])(C(=O)O)CC1. The van der Waals surface area contributed by atoms with E-state index in [1.54, 1.807) is 12.1 Å². The van der Waals surface area contributed by atoms with E-state index in [9.17, 15) is 20.0 Å². The van der Waals surface area contributed by atoms with Crippen LogP contribution in [0.2, 0.25) is 5.02 Å². The standard InChI is InChI=1S/C15H18ClNO4/c1-10-4-6-15(7-5-10,14(18)19)9-11-2-3-12(16)8-13(11)17(20)21/h2-3,8,10H,4-7,9H2,1H3,(H,18,19). The molecule has 21 heavy (non-hydrogen) atoms. The Hall–Kier alpha value is -1.62. The fourth-order valence-corrected chi connectivity index (χ4v) is 3.17. The van der Waals surface area contributed by atoms with E-state index in [0.717, 1.165) is 12.8 Å². The average molecular weight is 312 g/mol. The van der Waals surface area contributed by atoms with Crippen LogP contribution in [-0.2, 0) is 11.2 Å². The molecule has 0 saturated heterocycles. The zero-order chi connectivity index (χ0) is 15.6. The van der Waals surface area contributed by atoms with E-state index in [1.807, 2.05) is 0 Å². The van der Waals surface area contributed by atoms with Crippen LogP contribution in [0.5, 0.6) is 0 Å². The van der Waals surface area contributed by atoms with E-state index in [1.165, 1.54) is 6.07 Å². The molecule has 0 amide bonds. The van der Waals surface area contributed by atoms with Gasteiger partial charge in [0.05, 0.1) is 10.3 Å². The van der Waals surface area contributed by atoms with Crippen LogP contribution >= 0.6 is 11.6 Å². The Labute approximate surface area is 128 Å². The number of hydrogen-bond acceptors (Lipinski definition) is 3. The molecule has 1 fully saturated rings. The van der Waals surface area contributed by atoms with E-state index < -0.39 is 16.3 Å². The molecule has 0 spiro atoms. The number of nitro groups is 1. The quantitative estimate of drug-likeness (QED) is 0.671. The average Bonchev–Trinajstić information content (AvgIpc) is 2.43. The molecule has 114 valence electrons. The first-order chi connectivity index (χ1) is 9.84. The van der Waals surface area contributed by atoms with Crippen molar-refractivity contribution in [2.45, 2.75) is 39.0 Å². The van der Waals surface area contributed by atoms with Crippen molar-refractivity contribution < 1.29 is 14.8 Å². The molecule has 0 unspecified atom stereocenters. The number of aliphatic carboxylic acids is 1. The summed E-state index contributed by atoms with van der Waals surface area (Å²) < 4.78 is 0. The molecule has 0 aliphatic heterocycles. The van der Waals surface area contributed by atoms with Gasteiger partial charge in [0.25, 0.3) is 5.69 Å². The molecule has 0 atom stereocenters. The highest BCUT2D eigenvalue weighted by atomic mass is 35.5. The molecular weight excluding hydrogens is 294 g/mol. The lowest BCUT2D eigenvalue weighted by Crippen LogP contribution is -2.37. The second-order valence-electron chi connectivity index (χ2n) is 5.97. The normalized spacial score (nSPS) is 25.5. The van der Waals surface area contributed by atoms with Gasteiger partial charge >= 0.3 is 5.97 Å². The minimum atomic E-state index is -0.898. The summed E-state index contributed by atoms with van der Waals surface area (Å²) in [6.45, 7) is 2.11. The molecule has 0 bridgehead atoms. The van der Waals surface area contributed by atoms with Gasteiger partial charge < -0.3 is 5.11 Å². The third-order valence-corrected chi connectivity index (χ3v) is 4.69. The number of halogens is 1. The van der Waals surface area contributed by atoms with Crippen molar-refractivity contribution in [2.24, 2.45) is 11.3 Å². The van der Waals surface area contributed by atoms with Gasteiger partial charge in [-0.05, 0) is 44.1 Å². The monoisotopic (exact) mass is 311 g/mol. The number of rotatable bonds is 4. The summed E-state index contributed by atoms with van der Waals surface area (Å²) in [5.41, 5.74) is -0.548. The van der Waals surface area contributed by atoms with Gasteiger partial charge in [0.1, 0.15) is 0 Å². The summed E-state index contributed by atoms with van der Waals surface area (Å²) in [6.07, 6.45) is 2.98. The highest BCUT2D eigenvalue weighted by Gasteiger charge is 2.42. The molecule has 2 rings (SSSR count). The zero-order valence-corrected chi connectivity index (χ0v) is 12.6. The number of carboxylic acid groups (broad SMARTS) is 1. The third-order valence-electron chi connectivity index (χ3n) is 4.46. The summed E-state index contributed by atoms with van der Waals surface area (Å²) in [7, 11) is 0. The number of nitro benzene ring substituents is 1. The number of carbonyl (C=O) groups is 1. The molecule has 1 N–H and O–H groups in total. The minimum Gasteiger partial charge on any atom is -0.481 e. The van der Waals surface area contributed by atoms with E-state index >= 15 is 0 Å². The van der Waals surface area contributed by atoms with Crippen molar-refractivity contribution in [3.8, 4) is 0 Å². The van der Waals surface area contributed by atoms with Crippen molar-refractivity contribution in [1.82, 2.24) is 0 Å². The topological polar surface area (TPSA) is 80.4 Å². The molecule has 1 aliphatic carbocycles. The Morgan fingerprint density at radius 2 is 2.10 bits per heavy atom. The van der Waals surface area contributed by atoms with Gasteiger partial charge in [-0.1, -0.05) is 24.6 Å². The number of hydrogen-bond donors (Lipinski definition) is 1. The van der Waals surface area contributed by atoms with Crippen molar-refractivity contribution >= 4 is 23.3 Å². The molecule has 1 saturated carbocycles. The van der Waals surface area contributed by atoms with Crippen LogP contribution in [0, 0.1) is 21.4 Å². The van der Waals surface area contributed by atoms with Crippen molar-refractivity contribution in [3.63, 3.8) is 0 Å². The minimum absolute atomic E-state index is 0.0956. The van der Waals surface area contributed by atoms with E-state index in [-0.39, 0.29) is 17.1 Å². The van der Waals surface area contributed by atoms with E-state index in [0.29, 0.717) is 24.3 Å². The lowest BCUT2D eigenvalue weighted by molar-refractivity contribution is -0.385. The van der Waals surface area contributed by atoms with Crippen LogP contribution in [0.4, 0.5) is 5.69 Å². The van der Waals surface area contributed by atoms with Crippen LogP contribution in [0.15, 0.2) is 18.2 Å². The van der Waals surface area contributed by atoms with Gasteiger partial charge in [-0.3, -0.25) is 14.9 Å². The van der Waals surface area contributed by atoms with Crippen molar-refractivity contribution in [2.75, 3.05) is 0 Å². The number of carboxylic acids is 1. The Balaban J connectivity index is 2.34. The summed E-state index contributed by atoms with van der Waals surface area (Å²) in [4.78, 5) is 22.4. The number of benzene rings is 1. The first kappa shape index (κ1) is 15.8. The maximum atomic E-state index is 11.7. The highest BCUT2D eigenvalue weighted by Crippen LogP contribution is 2.43. The molecule has 1 aromatic rings. The number of nitrogens with zero attached hydrogens (tertiary/aromatic N) is 1. The second kappa shape index (κ2) is 6.02. The predicted molar refractivity (Wildman–Crippen MR) is 79.5 cm³/mol. The van der Waals surface area contributed by atoms with Crippen LogP contribution < -0.4 is 0 Å².